The summed E-state index contributed by atoms with van der Waals surface area (Å²) in [6, 6.07) is 120. The molecule has 4 heteroatoms. The van der Waals surface area contributed by atoms with E-state index < -0.39 is 0 Å². The molecule has 0 bridgehead atoms. The Morgan fingerprint density at radius 2 is 0.602 bits per heavy atom. The van der Waals surface area contributed by atoms with E-state index in [1.54, 1.807) is 0 Å². The van der Waals surface area contributed by atoms with E-state index in [0.717, 1.165) is 73.2 Å². The number of fused-ring (bicyclic) bond motifs is 5. The molecule has 0 fully saturated rings. The van der Waals surface area contributed by atoms with Gasteiger partial charge in [0, 0.05) is 55.8 Å². The first-order chi connectivity index (χ1) is 47.9. The van der Waals surface area contributed by atoms with Crippen LogP contribution in [0.15, 0.2) is 315 Å². The van der Waals surface area contributed by atoms with Gasteiger partial charge < -0.3 is 14.4 Å². The Morgan fingerprint density at radius 3 is 0.939 bits per heavy atom. The Morgan fingerprint density at radius 1 is 0.265 bits per heavy atom. The van der Waals surface area contributed by atoms with Crippen molar-refractivity contribution in [1.82, 2.24) is 4.57 Å². The summed E-state index contributed by atoms with van der Waals surface area (Å²) in [6.45, 7) is 13.9. The summed E-state index contributed by atoms with van der Waals surface area (Å²) in [5, 5.41) is 10.3. The number of benzene rings is 16. The molecule has 0 spiro atoms. The van der Waals surface area contributed by atoms with Gasteiger partial charge in [0.15, 0.2) is 0 Å². The lowest BCUT2D eigenvalue weighted by atomic mass is 9.33. The molecule has 0 saturated heterocycles. The van der Waals surface area contributed by atoms with E-state index in [0.29, 0.717) is 0 Å². The van der Waals surface area contributed by atoms with Gasteiger partial charge in [-0.05, 0) is 176 Å². The summed E-state index contributed by atoms with van der Waals surface area (Å²) in [5.74, 6) is 0. The highest BCUT2D eigenvalue weighted by Crippen LogP contribution is 2.56. The molecule has 0 radical (unpaired) electrons. The van der Waals surface area contributed by atoms with Crippen molar-refractivity contribution in [1.29, 1.82) is 0 Å². The van der Waals surface area contributed by atoms with Crippen LogP contribution in [0.25, 0.3) is 127 Å². The van der Waals surface area contributed by atoms with Gasteiger partial charge in [-0.1, -0.05) is 296 Å². The molecule has 0 atom stereocenters. The first-order valence-electron chi connectivity index (χ1n) is 34.6. The van der Waals surface area contributed by atoms with Crippen molar-refractivity contribution in [3.63, 3.8) is 0 Å². The lowest BCUT2D eigenvalue weighted by Crippen LogP contribution is -2.61. The van der Waals surface area contributed by atoms with Gasteiger partial charge in [0.1, 0.15) is 0 Å². The van der Waals surface area contributed by atoms with Crippen LogP contribution in [0.4, 0.5) is 34.1 Å². The number of anilines is 6. The largest absolute Gasteiger partial charge is 0.310 e. The maximum atomic E-state index is 2.73. The third-order valence-corrected chi connectivity index (χ3v) is 21.3. The molecule has 0 N–H and O–H groups in total. The number of nitrogens with zero attached hydrogens (tertiary/aromatic N) is 3. The summed E-state index contributed by atoms with van der Waals surface area (Å²) in [4.78, 5) is 5.45. The topological polar surface area (TPSA) is 11.4 Å². The SMILES string of the molecule is CC(C)(C)c1cc(-c2ccccc2)c(N2c3cc(-c4ccccc4)ccc3B3c4ccc(-c5ccccc5)cc4N(c4c(-c5ccccc5)cc(C(C)(C)C)cc4-c4ccccc4)c4cc(-n5c6ccc7cccc8c9cccc%10ccc5c(c%109)c6c78)cc2c43)c(-c2ccccc2)c1. The van der Waals surface area contributed by atoms with Crippen LogP contribution in [0.2, 0.25) is 0 Å². The monoisotopic (exact) mass is 1250 g/mol. The number of hydrogen-bond donors (Lipinski definition) is 0. The number of hydrogen-bond acceptors (Lipinski definition) is 2. The molecule has 0 saturated carbocycles. The van der Waals surface area contributed by atoms with Crippen LogP contribution >= 0.6 is 0 Å². The average molecular weight is 1250 g/mol. The maximum absolute atomic E-state index is 2.73. The van der Waals surface area contributed by atoms with Gasteiger partial charge in [0.05, 0.1) is 28.1 Å². The van der Waals surface area contributed by atoms with E-state index in [4.69, 9.17) is 0 Å². The molecule has 464 valence electrons. The van der Waals surface area contributed by atoms with Gasteiger partial charge >= 0.3 is 0 Å². The van der Waals surface area contributed by atoms with Crippen LogP contribution in [0.5, 0.6) is 0 Å². The fourth-order valence-corrected chi connectivity index (χ4v) is 16.6. The van der Waals surface area contributed by atoms with Gasteiger partial charge in [0.2, 0.25) is 0 Å². The molecule has 0 unspecified atom stereocenters. The standard InChI is InChI=1S/C94H70BN3/c1-93(2,3)69-53-74(61-31-17-9-18-32-61)91(75(54-69)62-33-19-10-20-34-62)97-82-51-67(59-27-13-7-14-28-59)43-47-78(82)95-79-48-44-68(60-29-15-8-16-30-60)52-83(79)98(92-76(63-35-21-11-22-36-63)55-70(94(4,5)6)56-77(92)64-37-23-12-24-38-64)85-58-71(57-84(97)90(85)95)96-80-49-45-65-39-25-41-72-73-42-26-40-66-46-50-81(96)89(87(66)73)88(80)86(65)72/h7-58H,1-6H3. The highest BCUT2D eigenvalue weighted by molar-refractivity contribution is 7.00. The second kappa shape index (κ2) is 21.9. The third kappa shape index (κ3) is 8.90. The summed E-state index contributed by atoms with van der Waals surface area (Å²) in [6.07, 6.45) is 0. The van der Waals surface area contributed by atoms with Gasteiger partial charge in [-0.2, -0.15) is 0 Å². The zero-order valence-corrected chi connectivity index (χ0v) is 55.9. The maximum Gasteiger partial charge on any atom is 0.252 e. The van der Waals surface area contributed by atoms with Crippen molar-refractivity contribution in [2.75, 3.05) is 9.80 Å². The highest BCUT2D eigenvalue weighted by atomic mass is 15.2. The highest BCUT2D eigenvalue weighted by Gasteiger charge is 2.46. The molecule has 3 nitrogen and oxygen atoms in total. The van der Waals surface area contributed by atoms with E-state index in [2.05, 4.69) is 371 Å². The van der Waals surface area contributed by atoms with Crippen LogP contribution in [0.1, 0.15) is 52.7 Å². The summed E-state index contributed by atoms with van der Waals surface area (Å²) in [5.41, 5.74) is 30.1. The lowest BCUT2D eigenvalue weighted by molar-refractivity contribution is 0.590. The second-order valence-electron chi connectivity index (χ2n) is 29.1. The number of aromatic nitrogens is 1. The van der Waals surface area contributed by atoms with Gasteiger partial charge in [-0.25, -0.2) is 0 Å². The molecule has 16 aromatic carbocycles. The Hall–Kier alpha value is -11.7. The predicted molar refractivity (Wildman–Crippen MR) is 420 cm³/mol. The van der Waals surface area contributed by atoms with Crippen molar-refractivity contribution in [3.05, 3.63) is 327 Å². The smallest absolute Gasteiger partial charge is 0.252 e. The fourth-order valence-electron chi connectivity index (χ4n) is 16.6. The van der Waals surface area contributed by atoms with Crippen LogP contribution in [-0.2, 0) is 10.8 Å². The van der Waals surface area contributed by atoms with Gasteiger partial charge in [-0.15, -0.1) is 0 Å². The van der Waals surface area contributed by atoms with Gasteiger partial charge in [-0.3, -0.25) is 0 Å². The average Bonchev–Trinajstić information content (AvgIpc) is 1.17. The van der Waals surface area contributed by atoms with Crippen molar-refractivity contribution in [3.8, 4) is 72.4 Å². The normalized spacial score (nSPS) is 12.9. The van der Waals surface area contributed by atoms with E-state index >= 15 is 0 Å². The quantitative estimate of drug-likeness (QED) is 0.0811. The van der Waals surface area contributed by atoms with E-state index in [-0.39, 0.29) is 17.5 Å². The predicted octanol–water partition coefficient (Wildman–Crippen LogP) is 23.8. The molecule has 98 heavy (non-hydrogen) atoms. The molecule has 1 aromatic heterocycles. The molecule has 2 aliphatic heterocycles. The molecular weight excluding hydrogens is 1180 g/mol. The molecule has 2 aliphatic rings. The molecule has 19 rings (SSSR count). The Labute approximate surface area is 573 Å². The first kappa shape index (κ1) is 57.7. The summed E-state index contributed by atoms with van der Waals surface area (Å²) in [7, 11) is 0. The fraction of sp³-hybridized carbons (Fsp3) is 0.0851. The summed E-state index contributed by atoms with van der Waals surface area (Å²) < 4.78 is 2.63. The zero-order valence-electron chi connectivity index (χ0n) is 55.9. The molecule has 0 amide bonds. The van der Waals surface area contributed by atoms with Crippen molar-refractivity contribution < 1.29 is 0 Å². The molecule has 0 aliphatic carbocycles. The van der Waals surface area contributed by atoms with Crippen molar-refractivity contribution >= 4 is 111 Å². The third-order valence-electron chi connectivity index (χ3n) is 21.3. The first-order valence-corrected chi connectivity index (χ1v) is 34.6. The van der Waals surface area contributed by atoms with Crippen LogP contribution in [0.3, 0.4) is 0 Å². The van der Waals surface area contributed by atoms with Crippen LogP contribution in [-0.4, -0.2) is 11.3 Å². The minimum Gasteiger partial charge on any atom is -0.310 e. The van der Waals surface area contributed by atoms with E-state index in [9.17, 15) is 0 Å². The zero-order chi connectivity index (χ0) is 65.7. The summed E-state index contributed by atoms with van der Waals surface area (Å²) >= 11 is 0. The lowest BCUT2D eigenvalue weighted by Gasteiger charge is -2.46. The Balaban J connectivity index is 1.04. The molecular formula is C94H70BN3. The number of rotatable bonds is 9. The molecule has 17 aromatic rings. The minimum atomic E-state index is -0.220. The van der Waals surface area contributed by atoms with Crippen molar-refractivity contribution in [2.45, 2.75) is 52.4 Å². The van der Waals surface area contributed by atoms with Crippen LogP contribution in [0, 0.1) is 0 Å². The minimum absolute atomic E-state index is 0.192. The van der Waals surface area contributed by atoms with Gasteiger partial charge in [0.25, 0.3) is 6.71 Å². The second-order valence-corrected chi connectivity index (χ2v) is 29.1. The molecule has 3 heterocycles. The van der Waals surface area contributed by atoms with Crippen molar-refractivity contribution in [2.24, 2.45) is 0 Å². The van der Waals surface area contributed by atoms with Crippen LogP contribution < -0.4 is 26.2 Å². The van der Waals surface area contributed by atoms with E-state index in [1.807, 2.05) is 0 Å². The Bertz CT molecular complexity index is 5500. The van der Waals surface area contributed by atoms with E-state index in [1.165, 1.54) is 115 Å². The Kier molecular flexibility index (Phi) is 12.9.